The molecule has 2 heterocycles. The first-order valence-corrected chi connectivity index (χ1v) is 8.53. The third-order valence-electron chi connectivity index (χ3n) is 4.46. The smallest absolute Gasteiger partial charge is 0.220 e. The quantitative estimate of drug-likeness (QED) is 0.796. The normalized spacial score (nSPS) is 12.4. The number of hydrogen-bond acceptors (Lipinski definition) is 5. The minimum Gasteiger partial charge on any atom is -0.393 e. The van der Waals surface area contributed by atoms with Crippen molar-refractivity contribution in [2.24, 2.45) is 5.92 Å². The molecule has 134 valence electrons. The molecule has 0 aromatic carbocycles. The molecule has 0 radical (unpaired) electrons. The van der Waals surface area contributed by atoms with Crippen LogP contribution in [0.15, 0.2) is 6.20 Å². The SMILES string of the molecule is Cc1nc2c(C#N)cnn2c(C)c1CCC(=O)NCCC(O)C(C)C. The van der Waals surface area contributed by atoms with Gasteiger partial charge < -0.3 is 10.4 Å². The molecule has 25 heavy (non-hydrogen) atoms. The third kappa shape index (κ3) is 4.34. The Labute approximate surface area is 147 Å². The van der Waals surface area contributed by atoms with Gasteiger partial charge in [-0.05, 0) is 38.2 Å². The Morgan fingerprint density at radius 3 is 2.80 bits per heavy atom. The molecule has 2 aromatic heterocycles. The molecule has 1 amide bonds. The van der Waals surface area contributed by atoms with Crippen LogP contribution in [0.1, 0.15) is 49.2 Å². The molecule has 0 bridgehead atoms. The standard InChI is InChI=1S/C18H25N5O2/c1-11(2)16(24)7-8-20-17(25)6-5-15-12(3)22-18-14(9-19)10-21-23(18)13(15)4/h10-11,16,24H,5-8H2,1-4H3,(H,20,25). The predicted octanol–water partition coefficient (Wildman–Crippen LogP) is 1.67. The van der Waals surface area contributed by atoms with E-state index in [1.807, 2.05) is 27.7 Å². The van der Waals surface area contributed by atoms with E-state index in [0.29, 0.717) is 37.0 Å². The minimum absolute atomic E-state index is 0.0481. The highest BCUT2D eigenvalue weighted by Gasteiger charge is 2.15. The first-order chi connectivity index (χ1) is 11.8. The van der Waals surface area contributed by atoms with Crippen LogP contribution in [0.4, 0.5) is 0 Å². The largest absolute Gasteiger partial charge is 0.393 e. The molecule has 7 heteroatoms. The van der Waals surface area contributed by atoms with Crippen molar-refractivity contribution in [3.63, 3.8) is 0 Å². The summed E-state index contributed by atoms with van der Waals surface area (Å²) in [6, 6.07) is 2.08. The number of aliphatic hydroxyl groups is 1. The number of nitriles is 1. The van der Waals surface area contributed by atoms with Gasteiger partial charge in [-0.3, -0.25) is 4.79 Å². The maximum Gasteiger partial charge on any atom is 0.220 e. The highest BCUT2D eigenvalue weighted by atomic mass is 16.3. The molecule has 7 nitrogen and oxygen atoms in total. The van der Waals surface area contributed by atoms with Crippen LogP contribution >= 0.6 is 0 Å². The van der Waals surface area contributed by atoms with E-state index in [9.17, 15) is 9.90 Å². The number of rotatable bonds is 7. The molecule has 0 spiro atoms. The summed E-state index contributed by atoms with van der Waals surface area (Å²) in [4.78, 5) is 16.5. The molecule has 0 aliphatic heterocycles. The molecule has 2 rings (SSSR count). The summed E-state index contributed by atoms with van der Waals surface area (Å²) in [7, 11) is 0. The van der Waals surface area contributed by atoms with Gasteiger partial charge in [0.25, 0.3) is 0 Å². The summed E-state index contributed by atoms with van der Waals surface area (Å²) >= 11 is 0. The number of nitrogens with zero attached hydrogens (tertiary/aromatic N) is 4. The Balaban J connectivity index is 1.99. The Hall–Kier alpha value is -2.46. The second-order valence-electron chi connectivity index (χ2n) is 6.62. The molecule has 0 fully saturated rings. The summed E-state index contributed by atoms with van der Waals surface area (Å²) < 4.78 is 1.65. The van der Waals surface area contributed by atoms with Gasteiger partial charge in [-0.2, -0.15) is 10.4 Å². The van der Waals surface area contributed by atoms with E-state index in [1.54, 1.807) is 4.52 Å². The van der Waals surface area contributed by atoms with Crippen LogP contribution in [-0.4, -0.2) is 38.3 Å². The number of carbonyl (C=O) groups excluding carboxylic acids is 1. The van der Waals surface area contributed by atoms with Crippen molar-refractivity contribution in [1.82, 2.24) is 19.9 Å². The number of aryl methyl sites for hydroxylation is 2. The number of carbonyl (C=O) groups is 1. The van der Waals surface area contributed by atoms with Crippen molar-refractivity contribution < 1.29 is 9.90 Å². The Bertz CT molecular complexity index is 804. The lowest BCUT2D eigenvalue weighted by Crippen LogP contribution is -2.29. The first kappa shape index (κ1) is 18.9. The van der Waals surface area contributed by atoms with Gasteiger partial charge in [0, 0.05) is 24.4 Å². The molecule has 0 saturated heterocycles. The van der Waals surface area contributed by atoms with Gasteiger partial charge in [0.2, 0.25) is 5.91 Å². The number of hydrogen-bond donors (Lipinski definition) is 2. The van der Waals surface area contributed by atoms with Crippen LogP contribution in [0.2, 0.25) is 0 Å². The molecule has 0 aliphatic carbocycles. The van der Waals surface area contributed by atoms with Gasteiger partial charge in [0.1, 0.15) is 11.6 Å². The molecule has 2 N–H and O–H groups in total. The summed E-state index contributed by atoms with van der Waals surface area (Å²) in [6.45, 7) is 8.18. The van der Waals surface area contributed by atoms with Gasteiger partial charge in [-0.15, -0.1) is 0 Å². The van der Waals surface area contributed by atoms with E-state index in [1.165, 1.54) is 6.20 Å². The minimum atomic E-state index is -0.398. The molecule has 0 aliphatic rings. The Morgan fingerprint density at radius 1 is 1.44 bits per heavy atom. The number of fused-ring (bicyclic) bond motifs is 1. The van der Waals surface area contributed by atoms with Crippen LogP contribution in [-0.2, 0) is 11.2 Å². The Morgan fingerprint density at radius 2 is 2.16 bits per heavy atom. The number of nitrogens with one attached hydrogen (secondary N) is 1. The lowest BCUT2D eigenvalue weighted by Gasteiger charge is -2.15. The maximum absolute atomic E-state index is 12.0. The van der Waals surface area contributed by atoms with Crippen molar-refractivity contribution in [2.45, 2.75) is 53.1 Å². The van der Waals surface area contributed by atoms with Crippen molar-refractivity contribution in [2.75, 3.05) is 6.54 Å². The van der Waals surface area contributed by atoms with Crippen LogP contribution in [0.25, 0.3) is 5.65 Å². The number of amides is 1. The molecule has 0 saturated carbocycles. The zero-order valence-corrected chi connectivity index (χ0v) is 15.2. The van der Waals surface area contributed by atoms with Gasteiger partial charge in [-0.25, -0.2) is 9.50 Å². The van der Waals surface area contributed by atoms with E-state index < -0.39 is 6.10 Å². The lowest BCUT2D eigenvalue weighted by molar-refractivity contribution is -0.121. The van der Waals surface area contributed by atoms with Crippen LogP contribution in [0, 0.1) is 31.1 Å². The average molecular weight is 343 g/mol. The fourth-order valence-electron chi connectivity index (χ4n) is 2.77. The Kier molecular flexibility index (Phi) is 6.10. The lowest BCUT2D eigenvalue weighted by atomic mass is 10.0. The zero-order chi connectivity index (χ0) is 18.6. The van der Waals surface area contributed by atoms with Crippen molar-refractivity contribution in [1.29, 1.82) is 5.26 Å². The zero-order valence-electron chi connectivity index (χ0n) is 15.2. The highest BCUT2D eigenvalue weighted by Crippen LogP contribution is 2.18. The average Bonchev–Trinajstić information content (AvgIpc) is 2.97. The fourth-order valence-corrected chi connectivity index (χ4v) is 2.77. The van der Waals surface area contributed by atoms with Gasteiger partial charge >= 0.3 is 0 Å². The fraction of sp³-hybridized carbons (Fsp3) is 0.556. The topological polar surface area (TPSA) is 103 Å². The molecule has 1 unspecified atom stereocenters. The number of aromatic nitrogens is 3. The van der Waals surface area contributed by atoms with Gasteiger partial charge in [-0.1, -0.05) is 13.8 Å². The van der Waals surface area contributed by atoms with Gasteiger partial charge in [0.15, 0.2) is 5.65 Å². The van der Waals surface area contributed by atoms with E-state index >= 15 is 0 Å². The van der Waals surface area contributed by atoms with Crippen molar-refractivity contribution >= 4 is 11.6 Å². The second-order valence-corrected chi connectivity index (χ2v) is 6.62. The molecule has 2 aromatic rings. The summed E-state index contributed by atoms with van der Waals surface area (Å²) in [5.74, 6) is 0.139. The molecule has 1 atom stereocenters. The monoisotopic (exact) mass is 343 g/mol. The third-order valence-corrected chi connectivity index (χ3v) is 4.46. The van der Waals surface area contributed by atoms with E-state index in [-0.39, 0.29) is 11.8 Å². The summed E-state index contributed by atoms with van der Waals surface area (Å²) in [5.41, 5.74) is 3.67. The van der Waals surface area contributed by atoms with Crippen LogP contribution in [0.5, 0.6) is 0 Å². The maximum atomic E-state index is 12.0. The first-order valence-electron chi connectivity index (χ1n) is 8.53. The van der Waals surface area contributed by atoms with E-state index in [2.05, 4.69) is 21.5 Å². The van der Waals surface area contributed by atoms with E-state index in [0.717, 1.165) is 17.0 Å². The highest BCUT2D eigenvalue weighted by molar-refractivity contribution is 5.76. The van der Waals surface area contributed by atoms with Crippen LogP contribution in [0.3, 0.4) is 0 Å². The number of aliphatic hydroxyl groups excluding tert-OH is 1. The second kappa shape index (κ2) is 8.08. The predicted molar refractivity (Wildman–Crippen MR) is 94.0 cm³/mol. The van der Waals surface area contributed by atoms with Gasteiger partial charge in [0.05, 0.1) is 12.3 Å². The summed E-state index contributed by atoms with van der Waals surface area (Å²) in [5, 5.41) is 25.9. The summed E-state index contributed by atoms with van der Waals surface area (Å²) in [6.07, 6.45) is 2.57. The van der Waals surface area contributed by atoms with Crippen LogP contribution < -0.4 is 5.32 Å². The van der Waals surface area contributed by atoms with Crippen molar-refractivity contribution in [3.05, 3.63) is 28.7 Å². The van der Waals surface area contributed by atoms with E-state index in [4.69, 9.17) is 5.26 Å². The molecular weight excluding hydrogens is 318 g/mol. The van der Waals surface area contributed by atoms with Crippen molar-refractivity contribution in [3.8, 4) is 6.07 Å². The molecular formula is C18H25N5O2.